The quantitative estimate of drug-likeness (QED) is 0.760. The summed E-state index contributed by atoms with van der Waals surface area (Å²) < 4.78 is 6.03. The first-order valence-corrected chi connectivity index (χ1v) is 7.42. The molecule has 2 heterocycles. The fourth-order valence-corrected chi connectivity index (χ4v) is 2.51. The van der Waals surface area contributed by atoms with Crippen LogP contribution in [0.1, 0.15) is 36.4 Å². The lowest BCUT2D eigenvalue weighted by molar-refractivity contribution is 0.464. The Kier molecular flexibility index (Phi) is 4.02. The Hall–Kier alpha value is -2.13. The van der Waals surface area contributed by atoms with Gasteiger partial charge in [0.25, 0.3) is 0 Å². The van der Waals surface area contributed by atoms with Crippen LogP contribution in [0.2, 0.25) is 0 Å². The van der Waals surface area contributed by atoms with Crippen LogP contribution < -0.4 is 5.32 Å². The highest BCUT2D eigenvalue weighted by Crippen LogP contribution is 2.28. The summed E-state index contributed by atoms with van der Waals surface area (Å²) >= 11 is 0. The van der Waals surface area contributed by atoms with Gasteiger partial charge >= 0.3 is 0 Å². The zero-order valence-electron chi connectivity index (χ0n) is 12.5. The van der Waals surface area contributed by atoms with Crippen LogP contribution in [0.25, 0.3) is 11.0 Å². The molecular weight excluding hydrogens is 260 g/mol. The van der Waals surface area contributed by atoms with Gasteiger partial charge in [0.05, 0.1) is 5.69 Å². The Bertz CT molecular complexity index is 718. The van der Waals surface area contributed by atoms with Crippen molar-refractivity contribution in [2.75, 3.05) is 6.54 Å². The standard InChI is InChI=1S/C18H20N2O/c1-3-9-20-18(15-6-4-5-10-19-15)17-12-14-11-13(2)7-8-16(14)21-17/h4-8,10-12,18,20H,3,9H2,1-2H3. The molecule has 0 amide bonds. The summed E-state index contributed by atoms with van der Waals surface area (Å²) in [6, 6.07) is 14.3. The molecule has 0 fully saturated rings. The van der Waals surface area contributed by atoms with E-state index in [2.05, 4.69) is 42.3 Å². The van der Waals surface area contributed by atoms with Gasteiger partial charge < -0.3 is 9.73 Å². The molecule has 1 aromatic carbocycles. The Morgan fingerprint density at radius 1 is 1.19 bits per heavy atom. The second kappa shape index (κ2) is 6.10. The van der Waals surface area contributed by atoms with E-state index in [9.17, 15) is 0 Å². The molecule has 0 bridgehead atoms. The van der Waals surface area contributed by atoms with Crippen LogP contribution in [0.5, 0.6) is 0 Å². The number of fused-ring (bicyclic) bond motifs is 1. The number of nitrogens with zero attached hydrogens (tertiary/aromatic N) is 1. The van der Waals surface area contributed by atoms with Gasteiger partial charge in [-0.15, -0.1) is 0 Å². The number of aromatic nitrogens is 1. The molecule has 0 aliphatic heterocycles. The number of rotatable bonds is 5. The highest BCUT2D eigenvalue weighted by atomic mass is 16.3. The van der Waals surface area contributed by atoms with Gasteiger partial charge in [0.1, 0.15) is 17.4 Å². The van der Waals surface area contributed by atoms with Crippen molar-refractivity contribution in [1.82, 2.24) is 10.3 Å². The normalized spacial score (nSPS) is 12.7. The maximum Gasteiger partial charge on any atom is 0.134 e. The maximum atomic E-state index is 6.03. The second-order valence-corrected chi connectivity index (χ2v) is 5.33. The molecular formula is C18H20N2O. The smallest absolute Gasteiger partial charge is 0.134 e. The summed E-state index contributed by atoms with van der Waals surface area (Å²) in [5.41, 5.74) is 3.15. The number of hydrogen-bond acceptors (Lipinski definition) is 3. The molecule has 0 saturated carbocycles. The molecule has 3 nitrogen and oxygen atoms in total. The van der Waals surface area contributed by atoms with Crippen molar-refractivity contribution in [3.05, 3.63) is 65.7 Å². The number of nitrogens with one attached hydrogen (secondary N) is 1. The second-order valence-electron chi connectivity index (χ2n) is 5.33. The summed E-state index contributed by atoms with van der Waals surface area (Å²) in [5, 5.41) is 4.66. The molecule has 3 heteroatoms. The van der Waals surface area contributed by atoms with Gasteiger partial charge in [-0.1, -0.05) is 24.6 Å². The van der Waals surface area contributed by atoms with Crippen LogP contribution in [0.15, 0.2) is 53.1 Å². The van der Waals surface area contributed by atoms with Crippen LogP contribution in [-0.4, -0.2) is 11.5 Å². The summed E-state index contributed by atoms with van der Waals surface area (Å²) in [7, 11) is 0. The van der Waals surface area contributed by atoms with E-state index in [1.807, 2.05) is 30.5 Å². The van der Waals surface area contributed by atoms with Gasteiger partial charge in [-0.25, -0.2) is 0 Å². The monoisotopic (exact) mass is 280 g/mol. The molecule has 108 valence electrons. The molecule has 1 N–H and O–H groups in total. The van der Waals surface area contributed by atoms with Crippen molar-refractivity contribution in [2.24, 2.45) is 0 Å². The van der Waals surface area contributed by atoms with Crippen molar-refractivity contribution in [3.8, 4) is 0 Å². The van der Waals surface area contributed by atoms with E-state index in [1.54, 1.807) is 0 Å². The summed E-state index contributed by atoms with van der Waals surface area (Å²) in [5.74, 6) is 0.919. The van der Waals surface area contributed by atoms with Crippen molar-refractivity contribution in [3.63, 3.8) is 0 Å². The average molecular weight is 280 g/mol. The number of benzene rings is 1. The Balaban J connectivity index is 2.01. The third-order valence-electron chi connectivity index (χ3n) is 3.56. The van der Waals surface area contributed by atoms with E-state index in [0.717, 1.165) is 35.4 Å². The molecule has 0 saturated heterocycles. The van der Waals surface area contributed by atoms with Gasteiger partial charge in [-0.05, 0) is 50.2 Å². The van der Waals surface area contributed by atoms with Gasteiger partial charge in [0.2, 0.25) is 0 Å². The fourth-order valence-electron chi connectivity index (χ4n) is 2.51. The van der Waals surface area contributed by atoms with Gasteiger partial charge in [0.15, 0.2) is 0 Å². The minimum atomic E-state index is -0.00106. The van der Waals surface area contributed by atoms with Gasteiger partial charge in [0, 0.05) is 11.6 Å². The SMILES string of the molecule is CCCNC(c1ccccn1)c1cc2cc(C)ccc2o1. The van der Waals surface area contributed by atoms with Crippen molar-refractivity contribution in [2.45, 2.75) is 26.3 Å². The number of furan rings is 1. The van der Waals surface area contributed by atoms with E-state index in [1.165, 1.54) is 5.56 Å². The summed E-state index contributed by atoms with van der Waals surface area (Å²) in [6.07, 6.45) is 2.89. The molecule has 21 heavy (non-hydrogen) atoms. The third-order valence-corrected chi connectivity index (χ3v) is 3.56. The molecule has 0 radical (unpaired) electrons. The number of hydrogen-bond donors (Lipinski definition) is 1. The molecule has 2 aromatic heterocycles. The third kappa shape index (κ3) is 2.98. The van der Waals surface area contributed by atoms with E-state index < -0.39 is 0 Å². The highest BCUT2D eigenvalue weighted by Gasteiger charge is 2.18. The molecule has 0 spiro atoms. The van der Waals surface area contributed by atoms with Crippen LogP contribution in [0.3, 0.4) is 0 Å². The maximum absolute atomic E-state index is 6.03. The lowest BCUT2D eigenvalue weighted by Gasteiger charge is -2.15. The van der Waals surface area contributed by atoms with E-state index in [0.29, 0.717) is 0 Å². The van der Waals surface area contributed by atoms with Gasteiger partial charge in [-0.2, -0.15) is 0 Å². The Morgan fingerprint density at radius 3 is 2.86 bits per heavy atom. The van der Waals surface area contributed by atoms with Crippen LogP contribution in [0, 0.1) is 6.92 Å². The van der Waals surface area contributed by atoms with Crippen molar-refractivity contribution in [1.29, 1.82) is 0 Å². The molecule has 3 aromatic rings. The van der Waals surface area contributed by atoms with E-state index in [4.69, 9.17) is 4.42 Å². The largest absolute Gasteiger partial charge is 0.459 e. The number of pyridine rings is 1. The van der Waals surface area contributed by atoms with Crippen molar-refractivity contribution >= 4 is 11.0 Å². The van der Waals surface area contributed by atoms with Crippen LogP contribution >= 0.6 is 0 Å². The summed E-state index contributed by atoms with van der Waals surface area (Å²) in [6.45, 7) is 5.18. The predicted octanol–water partition coefficient (Wildman–Crippen LogP) is 4.23. The first-order valence-electron chi connectivity index (χ1n) is 7.42. The van der Waals surface area contributed by atoms with Gasteiger partial charge in [-0.3, -0.25) is 4.98 Å². The first-order chi connectivity index (χ1) is 10.3. The van der Waals surface area contributed by atoms with Crippen LogP contribution in [0.4, 0.5) is 0 Å². The minimum absolute atomic E-state index is 0.00106. The lowest BCUT2D eigenvalue weighted by Crippen LogP contribution is -2.23. The number of aryl methyl sites for hydroxylation is 1. The molecule has 1 atom stereocenters. The lowest BCUT2D eigenvalue weighted by atomic mass is 10.1. The van der Waals surface area contributed by atoms with E-state index >= 15 is 0 Å². The zero-order chi connectivity index (χ0) is 14.7. The fraction of sp³-hybridized carbons (Fsp3) is 0.278. The van der Waals surface area contributed by atoms with Crippen LogP contribution in [-0.2, 0) is 0 Å². The first kappa shape index (κ1) is 13.8. The molecule has 0 aliphatic rings. The molecule has 1 unspecified atom stereocenters. The topological polar surface area (TPSA) is 38.1 Å². The minimum Gasteiger partial charge on any atom is -0.459 e. The summed E-state index contributed by atoms with van der Waals surface area (Å²) in [4.78, 5) is 4.47. The Labute approximate surface area is 125 Å². The zero-order valence-corrected chi connectivity index (χ0v) is 12.5. The molecule has 0 aliphatic carbocycles. The highest BCUT2D eigenvalue weighted by molar-refractivity contribution is 5.78. The average Bonchev–Trinajstić information content (AvgIpc) is 2.91. The Morgan fingerprint density at radius 2 is 2.10 bits per heavy atom. The van der Waals surface area contributed by atoms with Crippen molar-refractivity contribution < 1.29 is 4.42 Å². The van der Waals surface area contributed by atoms with E-state index in [-0.39, 0.29) is 6.04 Å². The predicted molar refractivity (Wildman–Crippen MR) is 85.3 cm³/mol. The molecule has 3 rings (SSSR count).